The second-order valence-electron chi connectivity index (χ2n) is 19.0. The van der Waals surface area contributed by atoms with Crippen molar-refractivity contribution in [3.8, 4) is 0 Å². The zero-order valence-electron chi connectivity index (χ0n) is 42.2. The first-order valence-corrected chi connectivity index (χ1v) is 27.6. The van der Waals surface area contributed by atoms with Gasteiger partial charge in [0.25, 0.3) is 0 Å². The maximum absolute atomic E-state index is 12.9. The first-order valence-electron chi connectivity index (χ1n) is 27.6. The molecule has 0 aromatic rings. The summed E-state index contributed by atoms with van der Waals surface area (Å²) in [6.45, 7) is 4.56. The third-order valence-corrected chi connectivity index (χ3v) is 12.8. The SMILES string of the molecule is CCCCC/C=C\C/C=C\C/C=C\CCCCCCCCC(=O)OC(COCCCCCCCCCCCCCCCCCCCCCCCCC)COC1OC(CO)C(O)C(O)C1O. The number of ether oxygens (including phenoxy) is 4. The number of unbranched alkanes of at least 4 members (excludes halogenated alkanes) is 31. The van der Waals surface area contributed by atoms with Crippen LogP contribution in [0, 0.1) is 0 Å². The second kappa shape index (κ2) is 47.5. The number of hydrogen-bond acceptors (Lipinski definition) is 9. The minimum atomic E-state index is -1.54. The van der Waals surface area contributed by atoms with E-state index >= 15 is 0 Å². The first-order chi connectivity index (χ1) is 31.9. The van der Waals surface area contributed by atoms with Crippen molar-refractivity contribution in [1.82, 2.24) is 0 Å². The van der Waals surface area contributed by atoms with Crippen LogP contribution in [0.25, 0.3) is 0 Å². The summed E-state index contributed by atoms with van der Waals surface area (Å²) in [7, 11) is 0. The highest BCUT2D eigenvalue weighted by atomic mass is 16.7. The monoisotopic (exact) mass is 921 g/mol. The Bertz CT molecular complexity index is 1090. The van der Waals surface area contributed by atoms with Crippen LogP contribution in [-0.4, -0.2) is 89.6 Å². The van der Waals surface area contributed by atoms with Crippen molar-refractivity contribution < 1.29 is 44.2 Å². The number of carbonyl (C=O) groups excluding carboxylic acids is 1. The topological polar surface area (TPSA) is 135 Å². The molecule has 65 heavy (non-hydrogen) atoms. The fourth-order valence-corrected chi connectivity index (χ4v) is 8.50. The number of carbonyl (C=O) groups is 1. The fraction of sp³-hybridized carbons (Fsp3) is 0.875. The van der Waals surface area contributed by atoms with Gasteiger partial charge in [-0.25, -0.2) is 0 Å². The second-order valence-corrected chi connectivity index (χ2v) is 19.0. The van der Waals surface area contributed by atoms with E-state index in [4.69, 9.17) is 18.9 Å². The summed E-state index contributed by atoms with van der Waals surface area (Å²) in [5.41, 5.74) is 0. The summed E-state index contributed by atoms with van der Waals surface area (Å²) in [5.74, 6) is -0.322. The van der Waals surface area contributed by atoms with Crippen molar-refractivity contribution in [2.45, 2.75) is 288 Å². The molecule has 9 nitrogen and oxygen atoms in total. The number of aliphatic hydroxyl groups excluding tert-OH is 4. The van der Waals surface area contributed by atoms with Gasteiger partial charge in [0.15, 0.2) is 6.29 Å². The van der Waals surface area contributed by atoms with Crippen molar-refractivity contribution >= 4 is 5.97 Å². The Hall–Kier alpha value is -1.59. The summed E-state index contributed by atoms with van der Waals surface area (Å²) >= 11 is 0. The van der Waals surface area contributed by atoms with Crippen molar-refractivity contribution in [2.24, 2.45) is 0 Å². The molecule has 0 saturated carbocycles. The van der Waals surface area contributed by atoms with E-state index in [1.54, 1.807) is 0 Å². The lowest BCUT2D eigenvalue weighted by Crippen LogP contribution is -2.59. The van der Waals surface area contributed by atoms with Crippen molar-refractivity contribution in [1.29, 1.82) is 0 Å². The molecule has 1 fully saturated rings. The van der Waals surface area contributed by atoms with Crippen LogP contribution in [0.2, 0.25) is 0 Å². The average Bonchev–Trinajstić information content (AvgIpc) is 3.31. The Labute approximate surface area is 400 Å². The molecule has 0 radical (unpaired) electrons. The predicted molar refractivity (Wildman–Crippen MR) is 270 cm³/mol. The number of esters is 1. The molecule has 9 heteroatoms. The van der Waals surface area contributed by atoms with Gasteiger partial charge in [-0.2, -0.15) is 0 Å². The highest BCUT2D eigenvalue weighted by molar-refractivity contribution is 5.69. The first kappa shape index (κ1) is 61.4. The molecular weight excluding hydrogens is 817 g/mol. The van der Waals surface area contributed by atoms with E-state index in [0.29, 0.717) is 13.0 Å². The maximum atomic E-state index is 12.9. The zero-order valence-corrected chi connectivity index (χ0v) is 42.2. The summed E-state index contributed by atoms with van der Waals surface area (Å²) in [4.78, 5) is 12.9. The van der Waals surface area contributed by atoms with Gasteiger partial charge in [0, 0.05) is 13.0 Å². The molecule has 0 aliphatic carbocycles. The van der Waals surface area contributed by atoms with Gasteiger partial charge in [-0.3, -0.25) is 4.79 Å². The van der Waals surface area contributed by atoms with Crippen LogP contribution < -0.4 is 0 Å². The fourth-order valence-electron chi connectivity index (χ4n) is 8.50. The van der Waals surface area contributed by atoms with Gasteiger partial charge in [-0.15, -0.1) is 0 Å². The molecule has 1 aliphatic heterocycles. The number of allylic oxidation sites excluding steroid dienone is 6. The highest BCUT2D eigenvalue weighted by Gasteiger charge is 2.44. The summed E-state index contributed by atoms with van der Waals surface area (Å²) in [6, 6.07) is 0. The molecule has 1 rings (SSSR count). The zero-order chi connectivity index (χ0) is 47.1. The van der Waals surface area contributed by atoms with E-state index in [-0.39, 0.29) is 19.2 Å². The van der Waals surface area contributed by atoms with E-state index in [9.17, 15) is 25.2 Å². The van der Waals surface area contributed by atoms with Gasteiger partial charge in [-0.1, -0.05) is 230 Å². The molecule has 6 unspecified atom stereocenters. The predicted octanol–water partition coefficient (Wildman–Crippen LogP) is 13.9. The van der Waals surface area contributed by atoms with Gasteiger partial charge in [-0.05, 0) is 51.4 Å². The Morgan fingerprint density at radius 3 is 1.37 bits per heavy atom. The van der Waals surface area contributed by atoms with Crippen LogP contribution >= 0.6 is 0 Å². The normalized spacial score (nSPS) is 19.6. The molecule has 0 aromatic carbocycles. The quantitative estimate of drug-likeness (QED) is 0.0267. The minimum absolute atomic E-state index is 0.116. The van der Waals surface area contributed by atoms with Gasteiger partial charge in [0.1, 0.15) is 30.5 Å². The minimum Gasteiger partial charge on any atom is -0.457 e. The lowest BCUT2D eigenvalue weighted by molar-refractivity contribution is -0.305. The number of aliphatic hydroxyl groups is 4. The maximum Gasteiger partial charge on any atom is 0.306 e. The lowest BCUT2D eigenvalue weighted by Gasteiger charge is -2.39. The van der Waals surface area contributed by atoms with Crippen LogP contribution in [0.3, 0.4) is 0 Å². The summed E-state index contributed by atoms with van der Waals surface area (Å²) in [6.07, 6.45) is 51.8. The van der Waals surface area contributed by atoms with E-state index < -0.39 is 43.4 Å². The largest absolute Gasteiger partial charge is 0.457 e. The molecule has 1 heterocycles. The average molecular weight is 921 g/mol. The smallest absolute Gasteiger partial charge is 0.306 e. The molecule has 1 aliphatic rings. The molecule has 4 N–H and O–H groups in total. The van der Waals surface area contributed by atoms with Crippen LogP contribution in [0.15, 0.2) is 36.5 Å². The standard InChI is InChI=1S/C56H104O9/c1-3-5-7-9-11-13-15-17-19-21-23-24-25-26-28-30-32-34-36-38-40-42-44-46-62-48-50(49-63-56-55(61)54(60)53(59)51(47-57)65-56)64-52(58)45-43-41-39-37-35-33-31-29-27-22-20-18-16-14-12-10-8-6-4-2/h12,14,18,20,27,29,50-51,53-57,59-61H,3-11,13,15-17,19,21-26,28,30-49H2,1-2H3/b14-12-,20-18-,29-27-. The van der Waals surface area contributed by atoms with Gasteiger partial charge in [0.05, 0.1) is 19.8 Å². The van der Waals surface area contributed by atoms with Crippen LogP contribution in [0.4, 0.5) is 0 Å². The van der Waals surface area contributed by atoms with Gasteiger partial charge in [0.2, 0.25) is 0 Å². The van der Waals surface area contributed by atoms with Gasteiger partial charge >= 0.3 is 5.97 Å². The molecule has 6 atom stereocenters. The Balaban J connectivity index is 2.17. The summed E-state index contributed by atoms with van der Waals surface area (Å²) < 4.78 is 22.9. The van der Waals surface area contributed by atoms with Crippen molar-refractivity contribution in [2.75, 3.05) is 26.4 Å². The Morgan fingerprint density at radius 2 is 0.892 bits per heavy atom. The van der Waals surface area contributed by atoms with Crippen LogP contribution in [0.1, 0.15) is 251 Å². The third kappa shape index (κ3) is 38.0. The number of rotatable bonds is 48. The molecule has 0 bridgehead atoms. The Kier molecular flexibility index (Phi) is 44.9. The van der Waals surface area contributed by atoms with E-state index in [0.717, 1.165) is 57.8 Å². The van der Waals surface area contributed by atoms with Gasteiger partial charge < -0.3 is 39.4 Å². The van der Waals surface area contributed by atoms with Crippen LogP contribution in [-0.2, 0) is 23.7 Å². The molecule has 0 amide bonds. The van der Waals surface area contributed by atoms with Crippen LogP contribution in [0.5, 0.6) is 0 Å². The van der Waals surface area contributed by atoms with E-state index in [1.165, 1.54) is 173 Å². The van der Waals surface area contributed by atoms with E-state index in [2.05, 4.69) is 50.3 Å². The third-order valence-electron chi connectivity index (χ3n) is 12.8. The lowest BCUT2D eigenvalue weighted by atomic mass is 9.99. The highest BCUT2D eigenvalue weighted by Crippen LogP contribution is 2.23. The Morgan fingerprint density at radius 1 is 0.492 bits per heavy atom. The van der Waals surface area contributed by atoms with Crippen molar-refractivity contribution in [3.63, 3.8) is 0 Å². The van der Waals surface area contributed by atoms with Crippen molar-refractivity contribution in [3.05, 3.63) is 36.5 Å². The summed E-state index contributed by atoms with van der Waals surface area (Å²) in [5, 5.41) is 40.3. The molecular formula is C56H104O9. The molecule has 0 aromatic heterocycles. The molecule has 1 saturated heterocycles. The molecule has 0 spiro atoms. The molecule has 382 valence electrons. The van der Waals surface area contributed by atoms with E-state index in [1.807, 2.05) is 0 Å². The number of hydrogen-bond donors (Lipinski definition) is 4.